The van der Waals surface area contributed by atoms with Crippen LogP contribution < -0.4 is 10.6 Å². The number of phenolic OH excluding ortho intramolecular Hbond substituents is 1. The number of carbonyl (C=O) groups excluding carboxylic acids is 1. The summed E-state index contributed by atoms with van der Waals surface area (Å²) in [5.41, 5.74) is 1.95. The van der Waals surface area contributed by atoms with Crippen molar-refractivity contribution in [2.24, 2.45) is 0 Å². The van der Waals surface area contributed by atoms with E-state index in [9.17, 15) is 9.90 Å². The van der Waals surface area contributed by atoms with Crippen molar-refractivity contribution in [3.05, 3.63) is 41.1 Å². The highest BCUT2D eigenvalue weighted by atomic mass is 32.1. The molecule has 0 saturated carbocycles. The maximum absolute atomic E-state index is 11.7. The van der Waals surface area contributed by atoms with Crippen molar-refractivity contribution in [3.8, 4) is 5.75 Å². The van der Waals surface area contributed by atoms with Crippen molar-refractivity contribution in [1.29, 1.82) is 0 Å². The van der Waals surface area contributed by atoms with E-state index in [2.05, 4.69) is 10.6 Å². The predicted octanol–water partition coefficient (Wildman–Crippen LogP) is 1.77. The first-order valence-corrected chi connectivity index (χ1v) is 5.98. The number of carbonyl (C=O) groups is 1. The summed E-state index contributed by atoms with van der Waals surface area (Å²) in [6.45, 7) is 3.31. The Morgan fingerprint density at radius 1 is 1.39 bits per heavy atom. The SMILES string of the molecule is CC(=O)C1=C(C)NC(=S)N[C@@H]1c1ccccc1O. The summed E-state index contributed by atoms with van der Waals surface area (Å²) in [5, 5.41) is 16.3. The molecule has 0 amide bonds. The molecule has 0 unspecified atom stereocenters. The second-order valence-corrected chi connectivity index (χ2v) is 4.59. The number of ketones is 1. The molecule has 0 bridgehead atoms. The quantitative estimate of drug-likeness (QED) is 0.709. The molecule has 5 heteroatoms. The summed E-state index contributed by atoms with van der Waals surface area (Å²) in [5.74, 6) is 0.0921. The molecule has 1 aromatic rings. The van der Waals surface area contributed by atoms with Gasteiger partial charge in [0.25, 0.3) is 0 Å². The van der Waals surface area contributed by atoms with Gasteiger partial charge >= 0.3 is 0 Å². The minimum Gasteiger partial charge on any atom is -0.508 e. The third-order valence-electron chi connectivity index (χ3n) is 2.90. The summed E-state index contributed by atoms with van der Waals surface area (Å²) in [7, 11) is 0. The average Bonchev–Trinajstić information content (AvgIpc) is 2.27. The van der Waals surface area contributed by atoms with Crippen molar-refractivity contribution in [2.75, 3.05) is 0 Å². The molecular weight excluding hydrogens is 248 g/mol. The van der Waals surface area contributed by atoms with E-state index in [1.165, 1.54) is 6.92 Å². The molecule has 3 N–H and O–H groups in total. The summed E-state index contributed by atoms with van der Waals surface area (Å²) in [4.78, 5) is 11.7. The van der Waals surface area contributed by atoms with Gasteiger partial charge in [-0.3, -0.25) is 4.79 Å². The molecule has 0 aliphatic carbocycles. The van der Waals surface area contributed by atoms with E-state index in [0.29, 0.717) is 16.2 Å². The van der Waals surface area contributed by atoms with E-state index in [1.54, 1.807) is 25.1 Å². The van der Waals surface area contributed by atoms with Gasteiger partial charge in [-0.15, -0.1) is 0 Å². The molecule has 0 radical (unpaired) electrons. The highest BCUT2D eigenvalue weighted by Crippen LogP contribution is 2.32. The van der Waals surface area contributed by atoms with Crippen LogP contribution in [0.1, 0.15) is 25.5 Å². The van der Waals surface area contributed by atoms with Crippen LogP contribution in [0.3, 0.4) is 0 Å². The van der Waals surface area contributed by atoms with Crippen LogP contribution in [0.25, 0.3) is 0 Å². The van der Waals surface area contributed by atoms with Crippen molar-refractivity contribution < 1.29 is 9.90 Å². The van der Waals surface area contributed by atoms with Gasteiger partial charge < -0.3 is 15.7 Å². The maximum Gasteiger partial charge on any atom is 0.171 e. The van der Waals surface area contributed by atoms with Gasteiger partial charge in [-0.25, -0.2) is 0 Å². The zero-order valence-electron chi connectivity index (χ0n) is 10.2. The fourth-order valence-electron chi connectivity index (χ4n) is 2.13. The second-order valence-electron chi connectivity index (χ2n) is 4.19. The first kappa shape index (κ1) is 12.6. The Bertz CT molecular complexity index is 552. The molecule has 94 valence electrons. The number of para-hydroxylation sites is 1. The highest BCUT2D eigenvalue weighted by molar-refractivity contribution is 7.80. The molecule has 18 heavy (non-hydrogen) atoms. The predicted molar refractivity (Wildman–Crippen MR) is 73.1 cm³/mol. The van der Waals surface area contributed by atoms with Crippen LogP contribution in [0.5, 0.6) is 5.75 Å². The number of nitrogens with one attached hydrogen (secondary N) is 2. The van der Waals surface area contributed by atoms with Crippen molar-refractivity contribution in [1.82, 2.24) is 10.6 Å². The highest BCUT2D eigenvalue weighted by Gasteiger charge is 2.29. The van der Waals surface area contributed by atoms with E-state index >= 15 is 0 Å². The van der Waals surface area contributed by atoms with E-state index < -0.39 is 6.04 Å². The standard InChI is InChI=1S/C13H14N2O2S/c1-7-11(8(2)16)12(15-13(18)14-7)9-5-3-4-6-10(9)17/h3-6,12,17H,1-2H3,(H2,14,15,18)/t12-/m1/s1. The summed E-state index contributed by atoms with van der Waals surface area (Å²) in [6, 6.07) is 6.51. The minimum absolute atomic E-state index is 0.0525. The van der Waals surface area contributed by atoms with Gasteiger partial charge in [0.05, 0.1) is 6.04 Å². The number of hydrogen-bond donors (Lipinski definition) is 3. The van der Waals surface area contributed by atoms with Gasteiger partial charge in [0, 0.05) is 16.8 Å². The molecule has 0 fully saturated rings. The number of thiocarbonyl (C=S) groups is 1. The van der Waals surface area contributed by atoms with Crippen molar-refractivity contribution in [3.63, 3.8) is 0 Å². The Kier molecular flexibility index (Phi) is 3.34. The third-order valence-corrected chi connectivity index (χ3v) is 3.12. The van der Waals surface area contributed by atoms with Crippen molar-refractivity contribution in [2.45, 2.75) is 19.9 Å². The van der Waals surface area contributed by atoms with E-state index in [0.717, 1.165) is 5.70 Å². The lowest BCUT2D eigenvalue weighted by molar-refractivity contribution is -0.114. The molecule has 2 rings (SSSR count). The van der Waals surface area contributed by atoms with E-state index in [4.69, 9.17) is 12.2 Å². The molecule has 4 nitrogen and oxygen atoms in total. The number of phenols is 1. The normalized spacial score (nSPS) is 19.2. The van der Waals surface area contributed by atoms with Crippen LogP contribution in [0.15, 0.2) is 35.5 Å². The maximum atomic E-state index is 11.7. The smallest absolute Gasteiger partial charge is 0.171 e. The molecule has 0 spiro atoms. The van der Waals surface area contributed by atoms with Crippen LogP contribution in [0.2, 0.25) is 0 Å². The number of hydrogen-bond acceptors (Lipinski definition) is 3. The number of rotatable bonds is 2. The topological polar surface area (TPSA) is 61.4 Å². The largest absolute Gasteiger partial charge is 0.508 e. The van der Waals surface area contributed by atoms with Gasteiger partial charge in [0.1, 0.15) is 5.75 Å². The lowest BCUT2D eigenvalue weighted by Crippen LogP contribution is -2.44. The lowest BCUT2D eigenvalue weighted by atomic mass is 9.92. The fraction of sp³-hybridized carbons (Fsp3) is 0.231. The van der Waals surface area contributed by atoms with Gasteiger partial charge in [0.15, 0.2) is 10.9 Å². The van der Waals surface area contributed by atoms with E-state index in [-0.39, 0.29) is 11.5 Å². The van der Waals surface area contributed by atoms with Gasteiger partial charge in [-0.1, -0.05) is 18.2 Å². The van der Waals surface area contributed by atoms with Gasteiger partial charge in [0.2, 0.25) is 0 Å². The molecule has 1 aliphatic heterocycles. The Morgan fingerprint density at radius 2 is 2.06 bits per heavy atom. The number of aromatic hydroxyl groups is 1. The lowest BCUT2D eigenvalue weighted by Gasteiger charge is -2.30. The first-order chi connectivity index (χ1) is 8.50. The van der Waals surface area contributed by atoms with Gasteiger partial charge in [-0.2, -0.15) is 0 Å². The van der Waals surface area contributed by atoms with Crippen LogP contribution in [0.4, 0.5) is 0 Å². The number of allylic oxidation sites excluding steroid dienone is 1. The molecule has 1 aromatic carbocycles. The van der Waals surface area contributed by atoms with Crippen LogP contribution in [0, 0.1) is 0 Å². The molecular formula is C13H14N2O2S. The molecule has 1 heterocycles. The van der Waals surface area contributed by atoms with Crippen LogP contribution >= 0.6 is 12.2 Å². The van der Waals surface area contributed by atoms with Crippen molar-refractivity contribution >= 4 is 23.1 Å². The van der Waals surface area contributed by atoms with E-state index in [1.807, 2.05) is 6.07 Å². The number of benzene rings is 1. The molecule has 0 aromatic heterocycles. The molecule has 1 aliphatic rings. The summed E-state index contributed by atoms with van der Waals surface area (Å²) in [6.07, 6.45) is 0. The molecule has 1 atom stereocenters. The van der Waals surface area contributed by atoms with Crippen LogP contribution in [-0.4, -0.2) is 16.0 Å². The second kappa shape index (κ2) is 4.78. The average molecular weight is 262 g/mol. The Morgan fingerprint density at radius 3 is 2.67 bits per heavy atom. The number of Topliss-reactive ketones (excluding diaryl/α,β-unsaturated/α-hetero) is 1. The molecule has 0 saturated heterocycles. The monoisotopic (exact) mass is 262 g/mol. The zero-order valence-corrected chi connectivity index (χ0v) is 11.0. The Labute approximate surface area is 111 Å². The first-order valence-electron chi connectivity index (χ1n) is 5.58. The van der Waals surface area contributed by atoms with Crippen LogP contribution in [-0.2, 0) is 4.79 Å². The third kappa shape index (κ3) is 2.22. The minimum atomic E-state index is -0.405. The summed E-state index contributed by atoms with van der Waals surface area (Å²) < 4.78 is 0. The fourth-order valence-corrected chi connectivity index (χ4v) is 2.40. The zero-order chi connectivity index (χ0) is 13.3. The Hall–Kier alpha value is -1.88. The van der Waals surface area contributed by atoms with Gasteiger partial charge in [-0.05, 0) is 32.1 Å². The summed E-state index contributed by atoms with van der Waals surface area (Å²) >= 11 is 5.09. The Balaban J connectivity index is 2.54.